The smallest absolute Gasteiger partial charge is 0.282 e. The molecule has 138 valence electrons. The number of hydrogen-bond acceptors (Lipinski definition) is 4. The average Bonchev–Trinajstić information content (AvgIpc) is 3.26. The maximum atomic E-state index is 13.0. The molecule has 0 unspecified atom stereocenters. The molecule has 1 fully saturated rings. The van der Waals surface area contributed by atoms with E-state index in [0.717, 1.165) is 4.68 Å². The second-order valence-corrected chi connectivity index (χ2v) is 6.46. The van der Waals surface area contributed by atoms with Gasteiger partial charge in [0.15, 0.2) is 0 Å². The number of halogens is 3. The number of anilines is 1. The number of carbonyl (C=O) groups is 2. The van der Waals surface area contributed by atoms with E-state index in [0.29, 0.717) is 23.6 Å². The van der Waals surface area contributed by atoms with E-state index >= 15 is 0 Å². The third-order valence-electron chi connectivity index (χ3n) is 4.01. The maximum absolute atomic E-state index is 13.0. The first-order valence-electron chi connectivity index (χ1n) is 7.77. The summed E-state index contributed by atoms with van der Waals surface area (Å²) in [6.45, 7) is 0. The summed E-state index contributed by atoms with van der Waals surface area (Å²) in [6.07, 6.45) is -0.849. The first-order valence-corrected chi connectivity index (χ1v) is 8.15. The highest BCUT2D eigenvalue weighted by Gasteiger charge is 2.51. The van der Waals surface area contributed by atoms with Crippen molar-refractivity contribution in [3.05, 3.63) is 46.7 Å². The number of nitrogens with zero attached hydrogens (tertiary/aromatic N) is 2. The Morgan fingerprint density at radius 1 is 1.27 bits per heavy atom. The first kappa shape index (κ1) is 18.1. The van der Waals surface area contributed by atoms with Crippen LogP contribution in [0.2, 0.25) is 5.02 Å². The minimum Gasteiger partial charge on any atom is -0.337 e. The van der Waals surface area contributed by atoms with E-state index in [2.05, 4.69) is 21.3 Å². The lowest BCUT2D eigenvalue weighted by atomic mass is 10.2. The molecule has 2 amide bonds. The fraction of sp³-hybridized carbons (Fsp3) is 0.312. The number of hydrogen-bond donors (Lipinski definition) is 3. The Balaban J connectivity index is 1.64. The molecule has 1 aliphatic rings. The highest BCUT2D eigenvalue weighted by atomic mass is 35.5. The summed E-state index contributed by atoms with van der Waals surface area (Å²) >= 11 is 5.79. The molecule has 1 aromatic carbocycles. The van der Waals surface area contributed by atoms with Gasteiger partial charge in [0.05, 0.1) is 11.3 Å². The normalized spacial score (nSPS) is 14.8. The molecule has 0 spiro atoms. The van der Waals surface area contributed by atoms with Gasteiger partial charge in [-0.3, -0.25) is 25.1 Å². The lowest BCUT2D eigenvalue weighted by Gasteiger charge is -2.18. The Bertz CT molecular complexity index is 834. The molecule has 0 atom stereocenters. The lowest BCUT2D eigenvalue weighted by Crippen LogP contribution is -2.50. The minimum atomic E-state index is -2.88. The molecule has 2 aromatic rings. The number of amides is 2. The van der Waals surface area contributed by atoms with E-state index in [1.807, 2.05) is 0 Å². The molecule has 0 radical (unpaired) electrons. The predicted octanol–water partition coefficient (Wildman–Crippen LogP) is 2.42. The molecule has 0 bridgehead atoms. The Morgan fingerprint density at radius 3 is 2.50 bits per heavy atom. The van der Waals surface area contributed by atoms with Crippen molar-refractivity contribution in [2.24, 2.45) is 7.05 Å². The van der Waals surface area contributed by atoms with E-state index in [1.54, 1.807) is 24.3 Å². The zero-order chi connectivity index (χ0) is 18.9. The zero-order valence-electron chi connectivity index (χ0n) is 13.7. The van der Waals surface area contributed by atoms with Crippen molar-refractivity contribution in [3.8, 4) is 0 Å². The van der Waals surface area contributed by atoms with E-state index < -0.39 is 29.5 Å². The number of nitrogens with one attached hydrogen (secondary N) is 3. The molecular formula is C16H16ClF2N5O2. The van der Waals surface area contributed by atoms with E-state index in [1.165, 1.54) is 13.2 Å². The molecule has 3 N–H and O–H groups in total. The van der Waals surface area contributed by atoms with Gasteiger partial charge in [-0.1, -0.05) is 11.6 Å². The number of aromatic nitrogens is 2. The van der Waals surface area contributed by atoms with Gasteiger partial charge in [0.1, 0.15) is 11.2 Å². The number of benzene rings is 1. The SMILES string of the molecule is Cn1cc(C(=O)NC2(C(=O)NNc3ccc(Cl)cc3)CC2)c(C(F)F)n1. The molecule has 1 heterocycles. The fourth-order valence-corrected chi connectivity index (χ4v) is 2.57. The third kappa shape index (κ3) is 3.77. The summed E-state index contributed by atoms with van der Waals surface area (Å²) in [4.78, 5) is 24.7. The summed E-state index contributed by atoms with van der Waals surface area (Å²) in [6, 6.07) is 6.65. The third-order valence-corrected chi connectivity index (χ3v) is 4.26. The Morgan fingerprint density at radius 2 is 1.92 bits per heavy atom. The number of alkyl halides is 2. The zero-order valence-corrected chi connectivity index (χ0v) is 14.5. The summed E-state index contributed by atoms with van der Waals surface area (Å²) in [5, 5.41) is 6.69. The molecule has 1 aromatic heterocycles. The van der Waals surface area contributed by atoms with Crippen LogP contribution in [0.3, 0.4) is 0 Å². The molecule has 0 aliphatic heterocycles. The van der Waals surface area contributed by atoms with Crippen molar-refractivity contribution in [3.63, 3.8) is 0 Å². The van der Waals surface area contributed by atoms with Crippen LogP contribution < -0.4 is 16.2 Å². The highest BCUT2D eigenvalue weighted by Crippen LogP contribution is 2.36. The van der Waals surface area contributed by atoms with Gasteiger partial charge in [0.2, 0.25) is 0 Å². The maximum Gasteiger partial charge on any atom is 0.282 e. The van der Waals surface area contributed by atoms with Crippen LogP contribution in [-0.2, 0) is 11.8 Å². The molecular weight excluding hydrogens is 368 g/mol. The minimum absolute atomic E-state index is 0.243. The number of aryl methyl sites for hydroxylation is 1. The van der Waals surface area contributed by atoms with Crippen LogP contribution in [0.5, 0.6) is 0 Å². The first-order chi connectivity index (χ1) is 12.3. The number of carbonyl (C=O) groups excluding carboxylic acids is 2. The molecule has 10 heteroatoms. The van der Waals surface area contributed by atoms with Crippen molar-refractivity contribution < 1.29 is 18.4 Å². The second-order valence-electron chi connectivity index (χ2n) is 6.02. The Kier molecular flexibility index (Phi) is 4.82. The van der Waals surface area contributed by atoms with Crippen molar-refractivity contribution in [2.75, 3.05) is 5.43 Å². The average molecular weight is 384 g/mol. The van der Waals surface area contributed by atoms with E-state index in [9.17, 15) is 18.4 Å². The van der Waals surface area contributed by atoms with E-state index in [-0.39, 0.29) is 5.56 Å². The van der Waals surface area contributed by atoms with Gasteiger partial charge >= 0.3 is 0 Å². The van der Waals surface area contributed by atoms with Gasteiger partial charge in [-0.2, -0.15) is 5.10 Å². The summed E-state index contributed by atoms with van der Waals surface area (Å²) in [5.74, 6) is -1.21. The van der Waals surface area contributed by atoms with Gasteiger partial charge in [0, 0.05) is 18.3 Å². The van der Waals surface area contributed by atoms with Crippen molar-refractivity contribution >= 4 is 29.1 Å². The highest BCUT2D eigenvalue weighted by molar-refractivity contribution is 6.30. The van der Waals surface area contributed by atoms with Crippen LogP contribution in [0.4, 0.5) is 14.5 Å². The molecule has 0 saturated heterocycles. The van der Waals surface area contributed by atoms with Gasteiger partial charge < -0.3 is 5.32 Å². The molecule has 26 heavy (non-hydrogen) atoms. The monoisotopic (exact) mass is 383 g/mol. The van der Waals surface area contributed by atoms with Crippen LogP contribution in [-0.4, -0.2) is 27.1 Å². The quantitative estimate of drug-likeness (QED) is 0.668. The van der Waals surface area contributed by atoms with Crippen LogP contribution in [0.25, 0.3) is 0 Å². The van der Waals surface area contributed by atoms with Gasteiger partial charge in [0.25, 0.3) is 18.2 Å². The largest absolute Gasteiger partial charge is 0.337 e. The van der Waals surface area contributed by atoms with Crippen molar-refractivity contribution in [2.45, 2.75) is 24.8 Å². The van der Waals surface area contributed by atoms with Gasteiger partial charge in [-0.25, -0.2) is 8.78 Å². The van der Waals surface area contributed by atoms with Crippen LogP contribution in [0, 0.1) is 0 Å². The fourth-order valence-electron chi connectivity index (χ4n) is 2.44. The Hall–Kier alpha value is -2.68. The van der Waals surface area contributed by atoms with Crippen LogP contribution in [0.15, 0.2) is 30.5 Å². The topological polar surface area (TPSA) is 88.0 Å². The number of rotatable bonds is 6. The van der Waals surface area contributed by atoms with Gasteiger partial charge in [-0.05, 0) is 37.1 Å². The lowest BCUT2D eigenvalue weighted by molar-refractivity contribution is -0.123. The van der Waals surface area contributed by atoms with Crippen LogP contribution in [0.1, 0.15) is 35.3 Å². The molecule has 7 nitrogen and oxygen atoms in total. The summed E-state index contributed by atoms with van der Waals surface area (Å²) < 4.78 is 27.1. The standard InChI is InChI=1S/C16H16ClF2N5O2/c1-24-8-11(12(23-24)13(18)19)14(25)20-16(6-7-16)15(26)22-21-10-4-2-9(17)3-5-10/h2-5,8,13,21H,6-7H2,1H3,(H,20,25)(H,22,26). The number of hydrazine groups is 1. The van der Waals surface area contributed by atoms with Crippen LogP contribution >= 0.6 is 11.6 Å². The molecule has 1 saturated carbocycles. The molecule has 1 aliphatic carbocycles. The van der Waals surface area contributed by atoms with Gasteiger partial charge in [-0.15, -0.1) is 0 Å². The second kappa shape index (κ2) is 6.91. The van der Waals surface area contributed by atoms with E-state index in [4.69, 9.17) is 11.6 Å². The predicted molar refractivity (Wildman–Crippen MR) is 90.8 cm³/mol. The summed E-state index contributed by atoms with van der Waals surface area (Å²) in [7, 11) is 1.44. The molecule has 3 rings (SSSR count). The Labute approximate surface area is 152 Å². The van der Waals surface area contributed by atoms with Crippen molar-refractivity contribution in [1.82, 2.24) is 20.5 Å². The van der Waals surface area contributed by atoms with Crippen molar-refractivity contribution in [1.29, 1.82) is 0 Å². The summed E-state index contributed by atoms with van der Waals surface area (Å²) in [5.41, 5.74) is 3.86.